The molecule has 28 heavy (non-hydrogen) atoms. The minimum absolute atomic E-state index is 0.117. The number of hydrogen-bond donors (Lipinski definition) is 0. The molecule has 0 aliphatic carbocycles. The first kappa shape index (κ1) is 20.1. The van der Waals surface area contributed by atoms with Crippen LogP contribution in [0.1, 0.15) is 34.6 Å². The fourth-order valence-electron chi connectivity index (χ4n) is 3.05. The minimum Gasteiger partial charge on any atom is -0.462 e. The van der Waals surface area contributed by atoms with Crippen molar-refractivity contribution < 1.29 is 14.3 Å². The van der Waals surface area contributed by atoms with Gasteiger partial charge in [0.05, 0.1) is 12.2 Å². The molecular formula is C23H18Cl2O3. The zero-order valence-corrected chi connectivity index (χ0v) is 17.0. The number of carbonyl (C=O) groups is 2. The third-order valence-corrected chi connectivity index (χ3v) is 4.90. The van der Waals surface area contributed by atoms with Gasteiger partial charge in [-0.05, 0) is 60.9 Å². The predicted octanol–water partition coefficient (Wildman–Crippen LogP) is 6.71. The summed E-state index contributed by atoms with van der Waals surface area (Å²) in [6, 6.07) is 17.8. The topological polar surface area (TPSA) is 43.4 Å². The van der Waals surface area contributed by atoms with Crippen LogP contribution in [0.4, 0.5) is 0 Å². The van der Waals surface area contributed by atoms with E-state index in [1.165, 1.54) is 6.92 Å². The van der Waals surface area contributed by atoms with Crippen LogP contribution < -0.4 is 0 Å². The summed E-state index contributed by atoms with van der Waals surface area (Å²) >= 11 is 12.5. The summed E-state index contributed by atoms with van der Waals surface area (Å²) in [5.41, 5.74) is 3.40. The second-order valence-corrected chi connectivity index (χ2v) is 7.05. The molecule has 0 amide bonds. The highest BCUT2D eigenvalue weighted by Gasteiger charge is 2.22. The molecule has 0 saturated heterocycles. The van der Waals surface area contributed by atoms with E-state index in [0.717, 1.165) is 5.56 Å². The van der Waals surface area contributed by atoms with Gasteiger partial charge in [-0.25, -0.2) is 4.79 Å². The standard InChI is InChI=1S/C23H18Cl2O3/c1-3-28-23(27)21-13-18(15-7-5-4-6-8-15)17(14(2)26)12-19(21)20-11-16(24)9-10-22(20)25/h4-13H,3H2,1-2H3. The maximum absolute atomic E-state index is 12.7. The predicted molar refractivity (Wildman–Crippen MR) is 113 cm³/mol. The maximum Gasteiger partial charge on any atom is 0.338 e. The molecule has 3 rings (SSSR count). The second-order valence-electron chi connectivity index (χ2n) is 6.21. The van der Waals surface area contributed by atoms with E-state index in [9.17, 15) is 9.59 Å². The van der Waals surface area contributed by atoms with Crippen LogP contribution in [-0.2, 0) is 4.74 Å². The summed E-state index contributed by atoms with van der Waals surface area (Å²) in [5.74, 6) is -0.602. The molecule has 0 atom stereocenters. The molecule has 0 unspecified atom stereocenters. The Kier molecular flexibility index (Phi) is 6.18. The van der Waals surface area contributed by atoms with Crippen molar-refractivity contribution in [3.8, 4) is 22.3 Å². The molecule has 3 aromatic carbocycles. The van der Waals surface area contributed by atoms with Gasteiger partial charge in [0.1, 0.15) is 0 Å². The molecule has 0 aliphatic heterocycles. The van der Waals surface area contributed by atoms with Gasteiger partial charge >= 0.3 is 5.97 Å². The van der Waals surface area contributed by atoms with Gasteiger partial charge in [-0.2, -0.15) is 0 Å². The van der Waals surface area contributed by atoms with Gasteiger partial charge in [-0.3, -0.25) is 4.79 Å². The lowest BCUT2D eigenvalue weighted by molar-refractivity contribution is 0.0527. The lowest BCUT2D eigenvalue weighted by atomic mass is 9.89. The number of esters is 1. The molecule has 0 aliphatic rings. The molecule has 0 fully saturated rings. The summed E-state index contributed by atoms with van der Waals surface area (Å²) in [7, 11) is 0. The van der Waals surface area contributed by atoms with Crippen LogP contribution in [0.5, 0.6) is 0 Å². The first-order valence-electron chi connectivity index (χ1n) is 8.79. The van der Waals surface area contributed by atoms with Crippen molar-refractivity contribution in [1.82, 2.24) is 0 Å². The molecule has 142 valence electrons. The van der Waals surface area contributed by atoms with Crippen LogP contribution >= 0.6 is 23.2 Å². The Morgan fingerprint density at radius 2 is 1.54 bits per heavy atom. The number of Topliss-reactive ketones (excluding diaryl/α,β-unsaturated/α-hetero) is 1. The highest BCUT2D eigenvalue weighted by molar-refractivity contribution is 6.35. The van der Waals surface area contributed by atoms with E-state index in [2.05, 4.69) is 0 Å². The molecule has 0 aromatic heterocycles. The number of rotatable bonds is 5. The SMILES string of the molecule is CCOC(=O)c1cc(-c2ccccc2)c(C(C)=O)cc1-c1cc(Cl)ccc1Cl. The maximum atomic E-state index is 12.7. The molecule has 0 radical (unpaired) electrons. The molecule has 0 saturated carbocycles. The van der Waals surface area contributed by atoms with E-state index in [0.29, 0.717) is 37.9 Å². The van der Waals surface area contributed by atoms with Crippen molar-refractivity contribution in [2.24, 2.45) is 0 Å². The van der Waals surface area contributed by atoms with Crippen molar-refractivity contribution in [2.75, 3.05) is 6.61 Å². The van der Waals surface area contributed by atoms with Crippen molar-refractivity contribution in [2.45, 2.75) is 13.8 Å². The Balaban J connectivity index is 2.35. The third kappa shape index (κ3) is 4.11. The van der Waals surface area contributed by atoms with E-state index < -0.39 is 5.97 Å². The number of ether oxygens (including phenoxy) is 1. The van der Waals surface area contributed by atoms with Crippen LogP contribution in [0.3, 0.4) is 0 Å². The van der Waals surface area contributed by atoms with Gasteiger partial charge in [0.25, 0.3) is 0 Å². The van der Waals surface area contributed by atoms with Gasteiger partial charge < -0.3 is 4.74 Å². The Morgan fingerprint density at radius 3 is 2.18 bits per heavy atom. The minimum atomic E-state index is -0.485. The Labute approximate surface area is 173 Å². The summed E-state index contributed by atoms with van der Waals surface area (Å²) in [5, 5.41) is 0.905. The fourth-order valence-corrected chi connectivity index (χ4v) is 3.44. The van der Waals surface area contributed by atoms with Crippen molar-refractivity contribution in [3.05, 3.63) is 81.8 Å². The molecule has 3 nitrogen and oxygen atoms in total. The molecular weight excluding hydrogens is 395 g/mol. The largest absolute Gasteiger partial charge is 0.462 e. The average Bonchev–Trinajstić information content (AvgIpc) is 2.69. The molecule has 0 spiro atoms. The van der Waals surface area contributed by atoms with Crippen LogP contribution in [0, 0.1) is 0 Å². The normalized spacial score (nSPS) is 10.6. The first-order valence-corrected chi connectivity index (χ1v) is 9.55. The van der Waals surface area contributed by atoms with Gasteiger partial charge in [0.2, 0.25) is 0 Å². The quantitative estimate of drug-likeness (QED) is 0.345. The average molecular weight is 413 g/mol. The van der Waals surface area contributed by atoms with Gasteiger partial charge in [-0.15, -0.1) is 0 Å². The first-order chi connectivity index (χ1) is 13.4. The zero-order chi connectivity index (χ0) is 20.3. The van der Waals surface area contributed by atoms with E-state index in [1.807, 2.05) is 30.3 Å². The number of hydrogen-bond acceptors (Lipinski definition) is 3. The van der Waals surface area contributed by atoms with Crippen molar-refractivity contribution in [3.63, 3.8) is 0 Å². The van der Waals surface area contributed by atoms with Gasteiger partial charge in [0.15, 0.2) is 5.78 Å². The highest BCUT2D eigenvalue weighted by atomic mass is 35.5. The lowest BCUT2D eigenvalue weighted by Gasteiger charge is -2.16. The van der Waals surface area contributed by atoms with Crippen LogP contribution in [0.2, 0.25) is 10.0 Å². The van der Waals surface area contributed by atoms with E-state index in [4.69, 9.17) is 27.9 Å². The van der Waals surface area contributed by atoms with Crippen LogP contribution in [-0.4, -0.2) is 18.4 Å². The highest BCUT2D eigenvalue weighted by Crippen LogP contribution is 2.37. The zero-order valence-electron chi connectivity index (χ0n) is 15.5. The fraction of sp³-hybridized carbons (Fsp3) is 0.130. The van der Waals surface area contributed by atoms with Crippen molar-refractivity contribution in [1.29, 1.82) is 0 Å². The molecule has 5 heteroatoms. The van der Waals surface area contributed by atoms with Gasteiger partial charge in [0, 0.05) is 21.2 Å². The Hall–Kier alpha value is -2.62. The summed E-state index contributed by atoms with van der Waals surface area (Å²) < 4.78 is 5.25. The monoisotopic (exact) mass is 412 g/mol. The van der Waals surface area contributed by atoms with Crippen molar-refractivity contribution >= 4 is 35.0 Å². The van der Waals surface area contributed by atoms with E-state index in [-0.39, 0.29) is 12.4 Å². The summed E-state index contributed by atoms with van der Waals surface area (Å²) in [6.45, 7) is 3.47. The molecule has 0 N–H and O–H groups in total. The van der Waals surface area contributed by atoms with E-state index >= 15 is 0 Å². The number of ketones is 1. The Morgan fingerprint density at radius 1 is 0.857 bits per heavy atom. The Bertz CT molecular complexity index is 1040. The molecule has 0 bridgehead atoms. The summed E-state index contributed by atoms with van der Waals surface area (Å²) in [4.78, 5) is 25.1. The van der Waals surface area contributed by atoms with Crippen LogP contribution in [0.25, 0.3) is 22.3 Å². The van der Waals surface area contributed by atoms with E-state index in [1.54, 1.807) is 37.3 Å². The lowest BCUT2D eigenvalue weighted by Crippen LogP contribution is -2.09. The smallest absolute Gasteiger partial charge is 0.338 e. The number of benzene rings is 3. The molecule has 3 aromatic rings. The van der Waals surface area contributed by atoms with Gasteiger partial charge in [-0.1, -0.05) is 53.5 Å². The third-order valence-electron chi connectivity index (χ3n) is 4.34. The number of carbonyl (C=O) groups excluding carboxylic acids is 2. The molecule has 0 heterocycles. The van der Waals surface area contributed by atoms with Crippen LogP contribution in [0.15, 0.2) is 60.7 Å². The summed E-state index contributed by atoms with van der Waals surface area (Å²) in [6.07, 6.45) is 0. The number of halogens is 2. The second kappa shape index (κ2) is 8.59.